The summed E-state index contributed by atoms with van der Waals surface area (Å²) in [6.45, 7) is 0. The van der Waals surface area contributed by atoms with Crippen LogP contribution in [0.15, 0.2) is 88.7 Å². The molecule has 2 nitrogen and oxygen atoms in total. The van der Waals surface area contributed by atoms with Gasteiger partial charge in [0.15, 0.2) is 0 Å². The number of nitrogens with one attached hydrogen (secondary N) is 1. The van der Waals surface area contributed by atoms with Crippen molar-refractivity contribution < 1.29 is 4.74 Å². The van der Waals surface area contributed by atoms with E-state index in [0.717, 1.165) is 17.0 Å². The standard InChI is InChI=1S/C21H17NOS/c1-23-16-11-13-17(14-12-16)24-21-18-9-5-6-10-19(18)22-20(21)15-7-3-2-4-8-15/h2-14,22H,1H3. The molecule has 3 aromatic carbocycles. The molecule has 118 valence electrons. The second-order valence-corrected chi connectivity index (χ2v) is 6.60. The first-order valence-corrected chi connectivity index (χ1v) is 8.65. The highest BCUT2D eigenvalue weighted by molar-refractivity contribution is 7.99. The van der Waals surface area contributed by atoms with E-state index in [9.17, 15) is 0 Å². The molecule has 0 bridgehead atoms. The average Bonchev–Trinajstić information content (AvgIpc) is 3.02. The lowest BCUT2D eigenvalue weighted by Crippen LogP contribution is -1.82. The first-order chi connectivity index (χ1) is 11.8. The van der Waals surface area contributed by atoms with Gasteiger partial charge in [0.25, 0.3) is 0 Å². The van der Waals surface area contributed by atoms with Gasteiger partial charge in [-0.25, -0.2) is 0 Å². The fourth-order valence-corrected chi connectivity index (χ4v) is 3.86. The fraction of sp³-hybridized carbons (Fsp3) is 0.0476. The van der Waals surface area contributed by atoms with Gasteiger partial charge in [0.1, 0.15) is 5.75 Å². The lowest BCUT2D eigenvalue weighted by atomic mass is 10.1. The van der Waals surface area contributed by atoms with E-state index in [4.69, 9.17) is 4.74 Å². The van der Waals surface area contributed by atoms with E-state index in [0.29, 0.717) is 0 Å². The Hall–Kier alpha value is -2.65. The third kappa shape index (κ3) is 2.79. The van der Waals surface area contributed by atoms with Crippen molar-refractivity contribution in [3.05, 3.63) is 78.9 Å². The van der Waals surface area contributed by atoms with E-state index >= 15 is 0 Å². The van der Waals surface area contributed by atoms with Crippen molar-refractivity contribution in [1.29, 1.82) is 0 Å². The Morgan fingerprint density at radius 3 is 2.25 bits per heavy atom. The summed E-state index contributed by atoms with van der Waals surface area (Å²) in [4.78, 5) is 6.02. The number of benzene rings is 3. The van der Waals surface area contributed by atoms with Crippen LogP contribution in [0.2, 0.25) is 0 Å². The van der Waals surface area contributed by atoms with Crippen molar-refractivity contribution >= 4 is 22.7 Å². The van der Waals surface area contributed by atoms with Gasteiger partial charge >= 0.3 is 0 Å². The quantitative estimate of drug-likeness (QED) is 0.496. The summed E-state index contributed by atoms with van der Waals surface area (Å²) in [6.07, 6.45) is 0. The maximum atomic E-state index is 5.25. The van der Waals surface area contributed by atoms with Crippen LogP contribution >= 0.6 is 11.8 Å². The zero-order chi connectivity index (χ0) is 16.4. The van der Waals surface area contributed by atoms with E-state index in [1.165, 1.54) is 20.7 Å². The number of hydrogen-bond donors (Lipinski definition) is 1. The van der Waals surface area contributed by atoms with Crippen LogP contribution < -0.4 is 4.74 Å². The summed E-state index contributed by atoms with van der Waals surface area (Å²) >= 11 is 1.78. The molecule has 0 saturated carbocycles. The van der Waals surface area contributed by atoms with Gasteiger partial charge < -0.3 is 9.72 Å². The average molecular weight is 331 g/mol. The zero-order valence-electron chi connectivity index (χ0n) is 13.3. The van der Waals surface area contributed by atoms with Crippen molar-refractivity contribution in [2.45, 2.75) is 9.79 Å². The molecule has 1 aromatic heterocycles. The normalized spacial score (nSPS) is 10.9. The minimum Gasteiger partial charge on any atom is -0.497 e. The summed E-state index contributed by atoms with van der Waals surface area (Å²) < 4.78 is 5.25. The number of methoxy groups -OCH3 is 1. The highest BCUT2D eigenvalue weighted by atomic mass is 32.2. The van der Waals surface area contributed by atoms with Crippen LogP contribution in [0.1, 0.15) is 0 Å². The largest absolute Gasteiger partial charge is 0.497 e. The number of fused-ring (bicyclic) bond motifs is 1. The van der Waals surface area contributed by atoms with Crippen LogP contribution in [0.5, 0.6) is 5.75 Å². The third-order valence-electron chi connectivity index (χ3n) is 4.00. The lowest BCUT2D eigenvalue weighted by Gasteiger charge is -2.06. The van der Waals surface area contributed by atoms with Gasteiger partial charge in [-0.3, -0.25) is 0 Å². The Bertz CT molecular complexity index is 958. The molecule has 0 aliphatic rings. The summed E-state index contributed by atoms with van der Waals surface area (Å²) in [6, 6.07) is 27.1. The number of ether oxygens (including phenoxy) is 1. The summed E-state index contributed by atoms with van der Waals surface area (Å²) in [5, 5.41) is 1.25. The topological polar surface area (TPSA) is 25.0 Å². The summed E-state index contributed by atoms with van der Waals surface area (Å²) in [7, 11) is 1.69. The molecule has 1 heterocycles. The molecule has 1 N–H and O–H groups in total. The molecular formula is C21H17NOS. The predicted molar refractivity (Wildman–Crippen MR) is 101 cm³/mol. The Morgan fingerprint density at radius 1 is 0.792 bits per heavy atom. The monoisotopic (exact) mass is 331 g/mol. The van der Waals surface area contributed by atoms with Crippen LogP contribution in [0.4, 0.5) is 0 Å². The first kappa shape index (κ1) is 14.9. The summed E-state index contributed by atoms with van der Waals surface area (Å²) in [5.74, 6) is 0.876. The number of aromatic amines is 1. The lowest BCUT2D eigenvalue weighted by molar-refractivity contribution is 0.414. The fourth-order valence-electron chi connectivity index (χ4n) is 2.79. The Morgan fingerprint density at radius 2 is 1.50 bits per heavy atom. The highest BCUT2D eigenvalue weighted by Gasteiger charge is 2.14. The van der Waals surface area contributed by atoms with Crippen LogP contribution in [0.3, 0.4) is 0 Å². The van der Waals surface area contributed by atoms with Crippen molar-refractivity contribution in [1.82, 2.24) is 4.98 Å². The van der Waals surface area contributed by atoms with Gasteiger partial charge in [-0.1, -0.05) is 60.3 Å². The Labute approximate surface area is 145 Å². The van der Waals surface area contributed by atoms with Gasteiger partial charge in [-0.05, 0) is 35.9 Å². The molecule has 0 atom stereocenters. The summed E-state index contributed by atoms with van der Waals surface area (Å²) in [5.41, 5.74) is 3.52. The molecule has 0 radical (unpaired) electrons. The van der Waals surface area contributed by atoms with Crippen molar-refractivity contribution in [3.8, 4) is 17.0 Å². The maximum absolute atomic E-state index is 5.25. The number of aromatic nitrogens is 1. The Balaban J connectivity index is 1.83. The molecule has 0 fully saturated rings. The van der Waals surface area contributed by atoms with E-state index in [1.807, 2.05) is 18.2 Å². The minimum absolute atomic E-state index is 0.876. The molecule has 0 unspecified atom stereocenters. The minimum atomic E-state index is 0.876. The number of hydrogen-bond acceptors (Lipinski definition) is 2. The SMILES string of the molecule is COc1ccc(Sc2c(-c3ccccc3)[nH]c3ccccc23)cc1. The van der Waals surface area contributed by atoms with Crippen molar-refractivity contribution in [3.63, 3.8) is 0 Å². The molecule has 0 amide bonds. The number of para-hydroxylation sites is 1. The number of rotatable bonds is 4. The van der Waals surface area contributed by atoms with E-state index in [1.54, 1.807) is 18.9 Å². The zero-order valence-corrected chi connectivity index (χ0v) is 14.1. The molecular weight excluding hydrogens is 314 g/mol. The number of H-pyrrole nitrogens is 1. The molecule has 0 aliphatic heterocycles. The molecule has 0 saturated heterocycles. The third-order valence-corrected chi connectivity index (χ3v) is 5.14. The predicted octanol–water partition coefficient (Wildman–Crippen LogP) is 5.99. The molecule has 4 aromatic rings. The van der Waals surface area contributed by atoms with Gasteiger partial charge in [0.05, 0.1) is 12.8 Å². The second-order valence-electron chi connectivity index (χ2n) is 5.52. The molecule has 0 aliphatic carbocycles. The second kappa shape index (κ2) is 6.46. The van der Waals surface area contributed by atoms with Gasteiger partial charge in [0, 0.05) is 20.7 Å². The van der Waals surface area contributed by atoms with E-state index in [-0.39, 0.29) is 0 Å². The molecule has 3 heteroatoms. The van der Waals surface area contributed by atoms with Crippen LogP contribution in [0.25, 0.3) is 22.2 Å². The van der Waals surface area contributed by atoms with Crippen molar-refractivity contribution in [2.24, 2.45) is 0 Å². The van der Waals surface area contributed by atoms with Crippen LogP contribution in [0, 0.1) is 0 Å². The first-order valence-electron chi connectivity index (χ1n) is 7.83. The van der Waals surface area contributed by atoms with E-state index in [2.05, 4.69) is 65.6 Å². The molecule has 0 spiro atoms. The highest BCUT2D eigenvalue weighted by Crippen LogP contribution is 2.41. The molecule has 4 rings (SSSR count). The van der Waals surface area contributed by atoms with E-state index < -0.39 is 0 Å². The molecule has 24 heavy (non-hydrogen) atoms. The van der Waals surface area contributed by atoms with Gasteiger partial charge in [0.2, 0.25) is 0 Å². The van der Waals surface area contributed by atoms with Crippen LogP contribution in [-0.4, -0.2) is 12.1 Å². The van der Waals surface area contributed by atoms with Crippen LogP contribution in [-0.2, 0) is 0 Å². The Kier molecular flexibility index (Phi) is 4.01. The van der Waals surface area contributed by atoms with Crippen molar-refractivity contribution in [2.75, 3.05) is 7.11 Å². The van der Waals surface area contributed by atoms with Gasteiger partial charge in [-0.2, -0.15) is 0 Å². The van der Waals surface area contributed by atoms with Gasteiger partial charge in [-0.15, -0.1) is 0 Å². The maximum Gasteiger partial charge on any atom is 0.118 e. The smallest absolute Gasteiger partial charge is 0.118 e.